The second kappa shape index (κ2) is 11.3. The lowest BCUT2D eigenvalue weighted by molar-refractivity contribution is -0.124. The van der Waals surface area contributed by atoms with E-state index in [4.69, 9.17) is 9.73 Å². The standard InChI is InChI=1S/C21H37F2N5O2/c1-13(12-30-2)24-21(26-20(29)15-5-9-17(23)10-6-15)25-19-11-18(27-28-19)14-3-7-16(22)8-4-14/h13-19,27-28H,3-12H2,1-2H3,(H2,24,25,26,29)/t13-,14?,15?,16?,17?,18?,19?/m0/s1. The molecule has 0 aromatic rings. The van der Waals surface area contributed by atoms with Crippen LogP contribution in [0, 0.1) is 11.8 Å². The van der Waals surface area contributed by atoms with Crippen molar-refractivity contribution in [3.8, 4) is 0 Å². The topological polar surface area (TPSA) is 86.8 Å². The first-order chi connectivity index (χ1) is 14.4. The Hall–Kier alpha value is -1.32. The van der Waals surface area contributed by atoms with E-state index in [1.165, 1.54) is 0 Å². The van der Waals surface area contributed by atoms with Gasteiger partial charge in [-0.15, -0.1) is 0 Å². The van der Waals surface area contributed by atoms with E-state index in [-0.39, 0.29) is 30.1 Å². The van der Waals surface area contributed by atoms with Crippen LogP contribution in [0.15, 0.2) is 4.99 Å². The van der Waals surface area contributed by atoms with Crippen molar-refractivity contribution in [2.24, 2.45) is 16.8 Å². The highest BCUT2D eigenvalue weighted by Crippen LogP contribution is 2.31. The number of hydrogen-bond acceptors (Lipinski definition) is 5. The van der Waals surface area contributed by atoms with Crippen LogP contribution >= 0.6 is 0 Å². The zero-order chi connectivity index (χ0) is 21.5. The summed E-state index contributed by atoms with van der Waals surface area (Å²) in [6.07, 6.45) is 4.21. The summed E-state index contributed by atoms with van der Waals surface area (Å²) < 4.78 is 32.0. The van der Waals surface area contributed by atoms with Crippen molar-refractivity contribution >= 4 is 11.9 Å². The molecule has 0 aromatic heterocycles. The van der Waals surface area contributed by atoms with Crippen LogP contribution in [0.2, 0.25) is 0 Å². The van der Waals surface area contributed by atoms with E-state index < -0.39 is 12.3 Å². The number of guanidine groups is 1. The maximum atomic E-state index is 13.4. The minimum absolute atomic E-state index is 0.0272. The van der Waals surface area contributed by atoms with Crippen LogP contribution in [0.1, 0.15) is 64.7 Å². The van der Waals surface area contributed by atoms with Crippen LogP contribution in [0.3, 0.4) is 0 Å². The fourth-order valence-electron chi connectivity index (χ4n) is 4.76. The molecule has 0 bridgehead atoms. The lowest BCUT2D eigenvalue weighted by Gasteiger charge is -2.28. The number of carbonyl (C=O) groups is 1. The molecule has 30 heavy (non-hydrogen) atoms. The van der Waals surface area contributed by atoms with Gasteiger partial charge in [0.25, 0.3) is 0 Å². The largest absolute Gasteiger partial charge is 0.383 e. The highest BCUT2D eigenvalue weighted by molar-refractivity contribution is 5.98. The Morgan fingerprint density at radius 3 is 2.33 bits per heavy atom. The van der Waals surface area contributed by atoms with Crippen molar-refractivity contribution < 1.29 is 18.3 Å². The zero-order valence-electron chi connectivity index (χ0n) is 18.1. The van der Waals surface area contributed by atoms with Crippen molar-refractivity contribution in [3.05, 3.63) is 0 Å². The molecule has 0 radical (unpaired) electrons. The molecule has 1 saturated heterocycles. The quantitative estimate of drug-likeness (QED) is 0.385. The van der Waals surface area contributed by atoms with E-state index in [0.29, 0.717) is 57.0 Å². The number of nitrogens with zero attached hydrogens (tertiary/aromatic N) is 1. The third-order valence-electron chi connectivity index (χ3n) is 6.54. The Morgan fingerprint density at radius 1 is 1.07 bits per heavy atom. The van der Waals surface area contributed by atoms with Crippen LogP contribution in [0.25, 0.3) is 0 Å². The summed E-state index contributed by atoms with van der Waals surface area (Å²) in [7, 11) is 1.63. The predicted molar refractivity (Wildman–Crippen MR) is 112 cm³/mol. The van der Waals surface area contributed by atoms with Gasteiger partial charge in [0.05, 0.1) is 6.61 Å². The maximum absolute atomic E-state index is 13.4. The van der Waals surface area contributed by atoms with E-state index in [2.05, 4.69) is 21.5 Å². The summed E-state index contributed by atoms with van der Waals surface area (Å²) in [4.78, 5) is 17.4. The molecule has 9 heteroatoms. The Morgan fingerprint density at radius 2 is 1.70 bits per heavy atom. The third kappa shape index (κ3) is 6.85. The normalized spacial score (nSPS) is 36.3. The molecule has 172 valence electrons. The van der Waals surface area contributed by atoms with Crippen LogP contribution in [-0.4, -0.2) is 56.2 Å². The molecule has 3 aliphatic rings. The number of rotatable bonds is 6. The van der Waals surface area contributed by atoms with Gasteiger partial charge in [0, 0.05) is 31.5 Å². The number of methoxy groups -OCH3 is 1. The molecule has 7 nitrogen and oxygen atoms in total. The molecular formula is C21H37F2N5O2. The highest BCUT2D eigenvalue weighted by atomic mass is 19.1. The number of amides is 1. The van der Waals surface area contributed by atoms with Crippen LogP contribution in [-0.2, 0) is 9.53 Å². The molecule has 2 unspecified atom stereocenters. The number of halogens is 2. The van der Waals surface area contributed by atoms with Gasteiger partial charge in [-0.3, -0.25) is 15.5 Å². The lowest BCUT2D eigenvalue weighted by atomic mass is 9.82. The molecule has 4 N–H and O–H groups in total. The van der Waals surface area contributed by atoms with Crippen molar-refractivity contribution in [1.82, 2.24) is 21.5 Å². The van der Waals surface area contributed by atoms with Crippen molar-refractivity contribution in [2.45, 2.75) is 95.3 Å². The Bertz CT molecular complexity index is 578. The minimum atomic E-state index is -0.791. The van der Waals surface area contributed by atoms with Crippen LogP contribution in [0.5, 0.6) is 0 Å². The lowest BCUT2D eigenvalue weighted by Crippen LogP contribution is -2.49. The van der Waals surface area contributed by atoms with E-state index in [0.717, 1.165) is 19.3 Å². The monoisotopic (exact) mass is 429 g/mol. The van der Waals surface area contributed by atoms with Crippen molar-refractivity contribution in [2.75, 3.05) is 13.7 Å². The second-order valence-electron chi connectivity index (χ2n) is 9.08. The van der Waals surface area contributed by atoms with Gasteiger partial charge in [0.15, 0.2) is 5.96 Å². The fraction of sp³-hybridized carbons (Fsp3) is 0.905. The van der Waals surface area contributed by atoms with E-state index in [1.54, 1.807) is 7.11 Å². The Balaban J connectivity index is 1.58. The molecule has 3 fully saturated rings. The third-order valence-corrected chi connectivity index (χ3v) is 6.54. The number of carbonyl (C=O) groups excluding carboxylic acids is 1. The zero-order valence-corrected chi connectivity index (χ0v) is 18.1. The number of aliphatic imine (C=N–C) groups is 1. The van der Waals surface area contributed by atoms with E-state index in [9.17, 15) is 13.6 Å². The molecule has 3 rings (SSSR count). The summed E-state index contributed by atoms with van der Waals surface area (Å²) in [6, 6.07) is 0.222. The average Bonchev–Trinajstić information content (AvgIpc) is 3.17. The fourth-order valence-corrected chi connectivity index (χ4v) is 4.76. The molecule has 3 atom stereocenters. The number of nitrogens with one attached hydrogen (secondary N) is 4. The summed E-state index contributed by atoms with van der Waals surface area (Å²) in [5.74, 6) is 0.569. The van der Waals surface area contributed by atoms with Gasteiger partial charge in [0.2, 0.25) is 5.91 Å². The highest BCUT2D eigenvalue weighted by Gasteiger charge is 2.33. The SMILES string of the molecule is COC[C@H](C)N/C(=N\C1CC(C2CCC(F)CC2)NN1)NC(=O)C1CCC(F)CC1. The van der Waals surface area contributed by atoms with Gasteiger partial charge in [0.1, 0.15) is 18.5 Å². The number of hydrazine groups is 1. The molecule has 1 heterocycles. The van der Waals surface area contributed by atoms with Gasteiger partial charge >= 0.3 is 0 Å². The van der Waals surface area contributed by atoms with Gasteiger partial charge in [-0.1, -0.05) is 0 Å². The molecule has 2 aliphatic carbocycles. The molecule has 0 spiro atoms. The minimum Gasteiger partial charge on any atom is -0.383 e. The van der Waals surface area contributed by atoms with E-state index in [1.807, 2.05) is 6.92 Å². The first kappa shape index (κ1) is 23.3. The van der Waals surface area contributed by atoms with Gasteiger partial charge in [-0.05, 0) is 64.2 Å². The number of alkyl halides is 2. The molecule has 2 saturated carbocycles. The molecular weight excluding hydrogens is 392 g/mol. The van der Waals surface area contributed by atoms with Gasteiger partial charge in [-0.25, -0.2) is 19.2 Å². The molecule has 1 amide bonds. The number of ether oxygens (including phenoxy) is 1. The summed E-state index contributed by atoms with van der Waals surface area (Å²) in [6.45, 7) is 2.44. The molecule has 1 aliphatic heterocycles. The number of hydrogen-bond donors (Lipinski definition) is 4. The van der Waals surface area contributed by atoms with Gasteiger partial charge < -0.3 is 10.1 Å². The first-order valence-corrected chi connectivity index (χ1v) is 11.4. The predicted octanol–water partition coefficient (Wildman–Crippen LogP) is 2.33. The van der Waals surface area contributed by atoms with Crippen LogP contribution in [0.4, 0.5) is 8.78 Å². The molecule has 0 aromatic carbocycles. The smallest absolute Gasteiger partial charge is 0.229 e. The van der Waals surface area contributed by atoms with Crippen molar-refractivity contribution in [3.63, 3.8) is 0 Å². The summed E-state index contributed by atoms with van der Waals surface area (Å²) in [5.41, 5.74) is 6.52. The van der Waals surface area contributed by atoms with E-state index >= 15 is 0 Å². The van der Waals surface area contributed by atoms with Crippen LogP contribution < -0.4 is 21.5 Å². The summed E-state index contributed by atoms with van der Waals surface area (Å²) in [5, 5.41) is 6.15. The summed E-state index contributed by atoms with van der Waals surface area (Å²) >= 11 is 0. The second-order valence-corrected chi connectivity index (χ2v) is 9.08. The van der Waals surface area contributed by atoms with Gasteiger partial charge in [-0.2, -0.15) is 0 Å². The Labute approximate surface area is 178 Å². The van der Waals surface area contributed by atoms with Crippen molar-refractivity contribution in [1.29, 1.82) is 0 Å². The average molecular weight is 430 g/mol. The first-order valence-electron chi connectivity index (χ1n) is 11.4. The Kier molecular flexibility index (Phi) is 8.83. The maximum Gasteiger partial charge on any atom is 0.229 e.